The zero-order valence-corrected chi connectivity index (χ0v) is 17.8. The average molecular weight is 418 g/mol. The lowest BCUT2D eigenvalue weighted by Crippen LogP contribution is -2.24. The van der Waals surface area contributed by atoms with Gasteiger partial charge in [-0.15, -0.1) is 0 Å². The number of allylic oxidation sites excluding steroid dienone is 2. The summed E-state index contributed by atoms with van der Waals surface area (Å²) in [6.45, 7) is 0. The zero-order chi connectivity index (χ0) is 22.3. The fourth-order valence-corrected chi connectivity index (χ4v) is 3.51. The van der Waals surface area contributed by atoms with Crippen LogP contribution in [-0.2, 0) is 0 Å². The van der Waals surface area contributed by atoms with E-state index in [9.17, 15) is 9.59 Å². The lowest BCUT2D eigenvalue weighted by atomic mass is 10.0. The van der Waals surface area contributed by atoms with Crippen LogP contribution in [0.1, 0.15) is 20.7 Å². The molecule has 0 saturated heterocycles. The van der Waals surface area contributed by atoms with E-state index in [2.05, 4.69) is 12.1 Å². The Balaban J connectivity index is 1.70. The summed E-state index contributed by atoms with van der Waals surface area (Å²) in [6, 6.07) is 36.1. The summed E-state index contributed by atoms with van der Waals surface area (Å²) < 4.78 is 0. The van der Waals surface area contributed by atoms with E-state index in [0.717, 1.165) is 16.8 Å². The number of ketones is 2. The normalized spacial score (nSPS) is 11.1. The zero-order valence-electron chi connectivity index (χ0n) is 17.8. The summed E-state index contributed by atoms with van der Waals surface area (Å²) in [7, 11) is 1.81. The minimum Gasteiger partial charge on any atom is -0.341 e. The molecule has 0 aliphatic rings. The molecule has 4 aromatic carbocycles. The summed E-state index contributed by atoms with van der Waals surface area (Å²) in [6.07, 6.45) is 1.43. The van der Waals surface area contributed by atoms with Gasteiger partial charge in [0.2, 0.25) is 5.78 Å². The number of benzene rings is 4. The Hall–Kier alpha value is -4.24. The van der Waals surface area contributed by atoms with Gasteiger partial charge < -0.3 is 4.90 Å². The van der Waals surface area contributed by atoms with Gasteiger partial charge >= 0.3 is 0 Å². The van der Waals surface area contributed by atoms with Crippen LogP contribution in [0.15, 0.2) is 127 Å². The highest BCUT2D eigenvalue weighted by Crippen LogP contribution is 2.25. The molecule has 0 heterocycles. The number of carbonyl (C=O) groups is 2. The molecular formula is C29H23NO2. The molecule has 32 heavy (non-hydrogen) atoms. The van der Waals surface area contributed by atoms with E-state index in [4.69, 9.17) is 0 Å². The van der Waals surface area contributed by atoms with E-state index in [-0.39, 0.29) is 11.6 Å². The molecule has 0 saturated carbocycles. The maximum Gasteiger partial charge on any atom is 0.209 e. The third-order valence-corrected chi connectivity index (χ3v) is 5.32. The topological polar surface area (TPSA) is 37.4 Å². The molecule has 4 aromatic rings. The van der Waals surface area contributed by atoms with Crippen LogP contribution < -0.4 is 4.90 Å². The molecule has 0 aliphatic heterocycles. The Labute approximate surface area is 188 Å². The average Bonchev–Trinajstić information content (AvgIpc) is 2.88. The van der Waals surface area contributed by atoms with Gasteiger partial charge in [0.15, 0.2) is 5.78 Å². The first-order valence-electron chi connectivity index (χ1n) is 10.4. The predicted molar refractivity (Wildman–Crippen MR) is 130 cm³/mol. The minimum absolute atomic E-state index is 0.204. The fraction of sp³-hybridized carbons (Fsp3) is 0.0345. The molecule has 0 atom stereocenters. The Bertz CT molecular complexity index is 1230. The van der Waals surface area contributed by atoms with E-state index >= 15 is 0 Å². The maximum atomic E-state index is 13.4. The first-order valence-corrected chi connectivity index (χ1v) is 10.4. The molecule has 3 nitrogen and oxygen atoms in total. The second-order valence-electron chi connectivity index (χ2n) is 7.43. The standard InChI is InChI=1S/C29H23NO2/c1-30(26-19-17-23(18-20-26)22-11-5-2-6-12-22)27(29(32)25-15-9-4-10-16-25)21-28(31)24-13-7-3-8-14-24/h2-21H,1H3. The van der Waals surface area contributed by atoms with Gasteiger partial charge in [-0.25, -0.2) is 0 Å². The van der Waals surface area contributed by atoms with Gasteiger partial charge in [0.05, 0.1) is 5.70 Å². The first kappa shape index (κ1) is 21.0. The van der Waals surface area contributed by atoms with Crippen molar-refractivity contribution in [1.82, 2.24) is 0 Å². The number of likely N-dealkylation sites (N-methyl/N-ethyl adjacent to an activating group) is 1. The molecule has 0 spiro atoms. The Kier molecular flexibility index (Phi) is 6.38. The van der Waals surface area contributed by atoms with Crippen molar-refractivity contribution in [2.24, 2.45) is 0 Å². The molecule has 0 amide bonds. The number of hydrogen-bond donors (Lipinski definition) is 0. The number of anilines is 1. The van der Waals surface area contributed by atoms with Gasteiger partial charge in [-0.2, -0.15) is 0 Å². The molecule has 0 unspecified atom stereocenters. The quantitative estimate of drug-likeness (QED) is 0.256. The third kappa shape index (κ3) is 4.73. The number of Topliss-reactive ketones (excluding diaryl/α,β-unsaturated/α-hetero) is 1. The van der Waals surface area contributed by atoms with Crippen molar-refractivity contribution >= 4 is 17.3 Å². The van der Waals surface area contributed by atoms with Crippen molar-refractivity contribution < 1.29 is 9.59 Å². The molecule has 0 fully saturated rings. The fourth-order valence-electron chi connectivity index (χ4n) is 3.51. The van der Waals surface area contributed by atoms with E-state index in [1.165, 1.54) is 6.08 Å². The highest BCUT2D eigenvalue weighted by Gasteiger charge is 2.20. The molecule has 4 rings (SSSR count). The van der Waals surface area contributed by atoms with Gasteiger partial charge in [0, 0.05) is 29.9 Å². The van der Waals surface area contributed by atoms with Crippen LogP contribution in [0, 0.1) is 0 Å². The summed E-state index contributed by atoms with van der Waals surface area (Å²) in [5, 5.41) is 0. The second kappa shape index (κ2) is 9.71. The van der Waals surface area contributed by atoms with Crippen LogP contribution in [0.5, 0.6) is 0 Å². The minimum atomic E-state index is -0.211. The molecule has 0 N–H and O–H groups in total. The molecule has 3 heteroatoms. The van der Waals surface area contributed by atoms with Gasteiger partial charge in [-0.05, 0) is 23.3 Å². The van der Waals surface area contributed by atoms with Crippen LogP contribution in [-0.4, -0.2) is 18.6 Å². The predicted octanol–water partition coefficient (Wildman–Crippen LogP) is 6.44. The summed E-state index contributed by atoms with van der Waals surface area (Å²) in [5.41, 5.74) is 4.42. The van der Waals surface area contributed by atoms with Crippen molar-refractivity contribution in [3.8, 4) is 11.1 Å². The molecule has 0 radical (unpaired) electrons. The Morgan fingerprint density at radius 3 is 1.62 bits per heavy atom. The molecule has 0 aliphatic carbocycles. The lowest BCUT2D eigenvalue weighted by Gasteiger charge is -2.22. The summed E-state index contributed by atoms with van der Waals surface area (Å²) >= 11 is 0. The second-order valence-corrected chi connectivity index (χ2v) is 7.43. The number of hydrogen-bond acceptors (Lipinski definition) is 3. The van der Waals surface area contributed by atoms with Gasteiger partial charge in [-0.3, -0.25) is 9.59 Å². The van der Waals surface area contributed by atoms with Crippen molar-refractivity contribution in [1.29, 1.82) is 0 Å². The Morgan fingerprint density at radius 2 is 1.06 bits per heavy atom. The van der Waals surface area contributed by atoms with Crippen LogP contribution in [0.25, 0.3) is 11.1 Å². The molecular weight excluding hydrogens is 394 g/mol. The molecule has 0 aromatic heterocycles. The summed E-state index contributed by atoms with van der Waals surface area (Å²) in [5.74, 6) is -0.415. The largest absolute Gasteiger partial charge is 0.341 e. The van der Waals surface area contributed by atoms with Gasteiger partial charge in [0.25, 0.3) is 0 Å². The van der Waals surface area contributed by atoms with Gasteiger partial charge in [-0.1, -0.05) is 103 Å². The van der Waals surface area contributed by atoms with E-state index in [0.29, 0.717) is 16.8 Å². The van der Waals surface area contributed by atoms with Crippen LogP contribution >= 0.6 is 0 Å². The third-order valence-electron chi connectivity index (χ3n) is 5.32. The first-order chi connectivity index (χ1) is 15.6. The van der Waals surface area contributed by atoms with E-state index in [1.807, 2.05) is 85.9 Å². The van der Waals surface area contributed by atoms with E-state index < -0.39 is 0 Å². The Morgan fingerprint density at radius 1 is 0.594 bits per heavy atom. The molecule has 0 bridgehead atoms. The maximum absolute atomic E-state index is 13.4. The van der Waals surface area contributed by atoms with E-state index in [1.54, 1.807) is 29.2 Å². The highest BCUT2D eigenvalue weighted by atomic mass is 16.1. The van der Waals surface area contributed by atoms with Crippen molar-refractivity contribution in [3.63, 3.8) is 0 Å². The van der Waals surface area contributed by atoms with Crippen molar-refractivity contribution in [2.45, 2.75) is 0 Å². The number of rotatable bonds is 7. The smallest absolute Gasteiger partial charge is 0.209 e. The van der Waals surface area contributed by atoms with Crippen molar-refractivity contribution in [2.75, 3.05) is 11.9 Å². The van der Waals surface area contributed by atoms with Crippen LogP contribution in [0.3, 0.4) is 0 Å². The van der Waals surface area contributed by atoms with Crippen LogP contribution in [0.4, 0.5) is 5.69 Å². The summed E-state index contributed by atoms with van der Waals surface area (Å²) in [4.78, 5) is 28.0. The number of nitrogens with zero attached hydrogens (tertiary/aromatic N) is 1. The van der Waals surface area contributed by atoms with Crippen molar-refractivity contribution in [3.05, 3.63) is 138 Å². The van der Waals surface area contributed by atoms with Gasteiger partial charge in [0.1, 0.15) is 0 Å². The molecule has 156 valence electrons. The number of carbonyl (C=O) groups excluding carboxylic acids is 2. The SMILES string of the molecule is CN(C(=CC(=O)c1ccccc1)C(=O)c1ccccc1)c1ccc(-c2ccccc2)cc1. The lowest BCUT2D eigenvalue weighted by molar-refractivity contribution is 0.101. The van der Waals surface area contributed by atoms with Crippen LogP contribution in [0.2, 0.25) is 0 Å². The highest BCUT2D eigenvalue weighted by molar-refractivity contribution is 6.16. The monoisotopic (exact) mass is 417 g/mol.